The van der Waals surface area contributed by atoms with E-state index in [1.807, 2.05) is 0 Å². The zero-order chi connectivity index (χ0) is 12.3. The lowest BCUT2D eigenvalue weighted by molar-refractivity contribution is -0.0530. The molecule has 2 saturated heterocycles. The van der Waals surface area contributed by atoms with Gasteiger partial charge in [-0.3, -0.25) is 0 Å². The Hall–Kier alpha value is -0.160. The minimum Gasteiger partial charge on any atom is -0.396 e. The number of aliphatic hydroxyl groups is 1. The molecule has 4 heteroatoms. The van der Waals surface area contributed by atoms with Crippen molar-refractivity contribution in [2.45, 2.75) is 25.3 Å². The Bertz CT molecular complexity index is 240. The number of likely N-dealkylation sites (tertiary alicyclic amines) is 1. The molecule has 0 bridgehead atoms. The molecule has 2 unspecified atom stereocenters. The summed E-state index contributed by atoms with van der Waals surface area (Å²) in [6, 6.07) is 0.676. The molecule has 2 atom stereocenters. The van der Waals surface area contributed by atoms with Gasteiger partial charge in [0.25, 0.3) is 0 Å². The number of hydrogen-bond acceptors (Lipinski definition) is 4. The van der Waals surface area contributed by atoms with Crippen molar-refractivity contribution in [2.75, 3.05) is 53.6 Å². The molecule has 0 radical (unpaired) electrons. The highest BCUT2D eigenvalue weighted by molar-refractivity contribution is 4.89. The minimum atomic E-state index is -0.000543. The lowest BCUT2D eigenvalue weighted by atomic mass is 9.83. The van der Waals surface area contributed by atoms with E-state index in [4.69, 9.17) is 4.74 Å². The van der Waals surface area contributed by atoms with Crippen molar-refractivity contribution >= 4 is 0 Å². The highest BCUT2D eigenvalue weighted by Crippen LogP contribution is 2.30. The second-order valence-electron chi connectivity index (χ2n) is 5.96. The Morgan fingerprint density at radius 1 is 1.47 bits per heavy atom. The topological polar surface area (TPSA) is 35.9 Å². The third kappa shape index (κ3) is 3.19. The summed E-state index contributed by atoms with van der Waals surface area (Å²) >= 11 is 0. The molecular formula is C13H26N2O2. The van der Waals surface area contributed by atoms with Crippen molar-refractivity contribution in [1.82, 2.24) is 9.80 Å². The average Bonchev–Trinajstić information content (AvgIpc) is 2.79. The van der Waals surface area contributed by atoms with Gasteiger partial charge < -0.3 is 19.6 Å². The van der Waals surface area contributed by atoms with Gasteiger partial charge in [0, 0.05) is 31.2 Å². The fraction of sp³-hybridized carbons (Fsp3) is 1.00. The average molecular weight is 242 g/mol. The number of rotatable bonds is 4. The van der Waals surface area contributed by atoms with Gasteiger partial charge in [-0.15, -0.1) is 0 Å². The van der Waals surface area contributed by atoms with E-state index >= 15 is 0 Å². The van der Waals surface area contributed by atoms with Gasteiger partial charge in [0.15, 0.2) is 0 Å². The third-order valence-corrected chi connectivity index (χ3v) is 4.28. The van der Waals surface area contributed by atoms with E-state index < -0.39 is 0 Å². The normalized spacial score (nSPS) is 35.6. The summed E-state index contributed by atoms with van der Waals surface area (Å²) in [7, 11) is 4.30. The maximum Gasteiger partial charge on any atom is 0.0556 e. The first-order chi connectivity index (χ1) is 8.15. The van der Waals surface area contributed by atoms with Crippen LogP contribution in [0.25, 0.3) is 0 Å². The number of hydrogen-bond donors (Lipinski definition) is 1. The Balaban J connectivity index is 1.87. The van der Waals surface area contributed by atoms with Crippen LogP contribution in [0.1, 0.15) is 19.3 Å². The van der Waals surface area contributed by atoms with Crippen molar-refractivity contribution in [2.24, 2.45) is 5.41 Å². The molecular weight excluding hydrogens is 216 g/mol. The van der Waals surface area contributed by atoms with Gasteiger partial charge in [-0.25, -0.2) is 0 Å². The molecule has 0 aromatic rings. The van der Waals surface area contributed by atoms with Gasteiger partial charge >= 0.3 is 0 Å². The molecule has 0 aromatic heterocycles. The standard InChI is InChI=1S/C13H26N2O2/c1-14(2)12-4-6-15(8-12)9-13(10-16)5-3-7-17-11-13/h12,16H,3-11H2,1-2H3. The van der Waals surface area contributed by atoms with Crippen LogP contribution >= 0.6 is 0 Å². The Kier molecular flexibility index (Phi) is 4.42. The van der Waals surface area contributed by atoms with E-state index in [0.717, 1.165) is 45.7 Å². The molecule has 2 heterocycles. The van der Waals surface area contributed by atoms with Crippen LogP contribution in [0.2, 0.25) is 0 Å². The molecule has 17 heavy (non-hydrogen) atoms. The van der Waals surface area contributed by atoms with Crippen LogP contribution in [0.4, 0.5) is 0 Å². The molecule has 0 aliphatic carbocycles. The van der Waals surface area contributed by atoms with Crippen LogP contribution < -0.4 is 0 Å². The van der Waals surface area contributed by atoms with Gasteiger partial charge in [-0.05, 0) is 39.9 Å². The lowest BCUT2D eigenvalue weighted by Crippen LogP contribution is -2.45. The monoisotopic (exact) mass is 242 g/mol. The summed E-state index contributed by atoms with van der Waals surface area (Å²) in [6.45, 7) is 5.14. The second-order valence-corrected chi connectivity index (χ2v) is 5.96. The first-order valence-electron chi connectivity index (χ1n) is 6.73. The molecule has 0 saturated carbocycles. The summed E-state index contributed by atoms with van der Waals surface area (Å²) in [5.74, 6) is 0. The van der Waals surface area contributed by atoms with Crippen molar-refractivity contribution < 1.29 is 9.84 Å². The predicted octanol–water partition coefficient (Wildman–Crippen LogP) is 0.411. The van der Waals surface area contributed by atoms with Gasteiger partial charge in [-0.2, -0.15) is 0 Å². The van der Waals surface area contributed by atoms with E-state index in [0.29, 0.717) is 6.04 Å². The van der Waals surface area contributed by atoms with Crippen molar-refractivity contribution in [3.63, 3.8) is 0 Å². The molecule has 0 spiro atoms. The number of likely N-dealkylation sites (N-methyl/N-ethyl adjacent to an activating group) is 1. The molecule has 2 aliphatic rings. The summed E-state index contributed by atoms with van der Waals surface area (Å²) in [5.41, 5.74) is -0.000543. The molecule has 0 aromatic carbocycles. The van der Waals surface area contributed by atoms with Gasteiger partial charge in [-0.1, -0.05) is 0 Å². The molecule has 0 amide bonds. The first kappa shape index (κ1) is 13.3. The van der Waals surface area contributed by atoms with Crippen molar-refractivity contribution in [1.29, 1.82) is 0 Å². The Morgan fingerprint density at radius 2 is 2.29 bits per heavy atom. The summed E-state index contributed by atoms with van der Waals surface area (Å²) in [5, 5.41) is 9.66. The summed E-state index contributed by atoms with van der Waals surface area (Å²) in [6.07, 6.45) is 3.44. The van der Waals surface area contributed by atoms with Crippen LogP contribution in [0, 0.1) is 5.41 Å². The molecule has 100 valence electrons. The van der Waals surface area contributed by atoms with Gasteiger partial charge in [0.1, 0.15) is 0 Å². The maximum atomic E-state index is 9.66. The van der Waals surface area contributed by atoms with Crippen LogP contribution in [-0.4, -0.2) is 74.5 Å². The Labute approximate surface area is 105 Å². The molecule has 1 N–H and O–H groups in total. The molecule has 4 nitrogen and oxygen atoms in total. The van der Waals surface area contributed by atoms with E-state index in [-0.39, 0.29) is 12.0 Å². The minimum absolute atomic E-state index is 0.000543. The van der Waals surface area contributed by atoms with Gasteiger partial charge in [0.05, 0.1) is 13.2 Å². The lowest BCUT2D eigenvalue weighted by Gasteiger charge is -2.38. The van der Waals surface area contributed by atoms with E-state index in [1.54, 1.807) is 0 Å². The number of ether oxygens (including phenoxy) is 1. The Morgan fingerprint density at radius 3 is 2.82 bits per heavy atom. The first-order valence-corrected chi connectivity index (χ1v) is 6.73. The molecule has 2 aliphatic heterocycles. The highest BCUT2D eigenvalue weighted by Gasteiger charge is 2.36. The van der Waals surface area contributed by atoms with Crippen LogP contribution in [-0.2, 0) is 4.74 Å². The van der Waals surface area contributed by atoms with Crippen LogP contribution in [0.15, 0.2) is 0 Å². The molecule has 2 fully saturated rings. The van der Waals surface area contributed by atoms with Crippen LogP contribution in [0.3, 0.4) is 0 Å². The second kappa shape index (κ2) is 5.65. The summed E-state index contributed by atoms with van der Waals surface area (Å²) in [4.78, 5) is 4.80. The predicted molar refractivity (Wildman–Crippen MR) is 68.1 cm³/mol. The fourth-order valence-electron chi connectivity index (χ4n) is 3.06. The quantitative estimate of drug-likeness (QED) is 0.775. The largest absolute Gasteiger partial charge is 0.396 e. The SMILES string of the molecule is CN(C)C1CCN(CC2(CO)CCCOC2)C1. The fourth-order valence-corrected chi connectivity index (χ4v) is 3.06. The number of nitrogens with zero attached hydrogens (tertiary/aromatic N) is 2. The zero-order valence-electron chi connectivity index (χ0n) is 11.2. The summed E-state index contributed by atoms with van der Waals surface area (Å²) < 4.78 is 5.56. The van der Waals surface area contributed by atoms with Crippen molar-refractivity contribution in [3.05, 3.63) is 0 Å². The van der Waals surface area contributed by atoms with E-state index in [1.165, 1.54) is 6.42 Å². The van der Waals surface area contributed by atoms with Crippen LogP contribution in [0.5, 0.6) is 0 Å². The van der Waals surface area contributed by atoms with E-state index in [2.05, 4.69) is 23.9 Å². The van der Waals surface area contributed by atoms with Crippen molar-refractivity contribution in [3.8, 4) is 0 Å². The third-order valence-electron chi connectivity index (χ3n) is 4.28. The smallest absolute Gasteiger partial charge is 0.0556 e. The van der Waals surface area contributed by atoms with E-state index in [9.17, 15) is 5.11 Å². The zero-order valence-corrected chi connectivity index (χ0v) is 11.2. The van der Waals surface area contributed by atoms with Gasteiger partial charge in [0.2, 0.25) is 0 Å². The highest BCUT2D eigenvalue weighted by atomic mass is 16.5. The number of aliphatic hydroxyl groups excluding tert-OH is 1. The maximum absolute atomic E-state index is 9.66. The molecule has 2 rings (SSSR count).